The van der Waals surface area contributed by atoms with Gasteiger partial charge in [0.15, 0.2) is 0 Å². The van der Waals surface area contributed by atoms with Crippen LogP contribution in [-0.4, -0.2) is 47.0 Å². The zero-order valence-corrected chi connectivity index (χ0v) is 16.0. The minimum atomic E-state index is 0.115. The maximum absolute atomic E-state index is 12.9. The fourth-order valence-corrected chi connectivity index (χ4v) is 3.58. The molecule has 0 aliphatic carbocycles. The summed E-state index contributed by atoms with van der Waals surface area (Å²) in [7, 11) is 0. The molecule has 26 heavy (non-hydrogen) atoms. The third kappa shape index (κ3) is 4.19. The first-order valence-corrected chi connectivity index (χ1v) is 9.41. The molecular formula is C21H25ClN2O2. The van der Waals surface area contributed by atoms with Crippen LogP contribution in [0.5, 0.6) is 5.75 Å². The van der Waals surface area contributed by atoms with Gasteiger partial charge in [0, 0.05) is 43.3 Å². The van der Waals surface area contributed by atoms with E-state index in [1.807, 2.05) is 29.2 Å². The summed E-state index contributed by atoms with van der Waals surface area (Å²) in [5.41, 5.74) is 2.83. The van der Waals surface area contributed by atoms with Gasteiger partial charge in [-0.3, -0.25) is 9.69 Å². The molecule has 5 heteroatoms. The van der Waals surface area contributed by atoms with Crippen molar-refractivity contribution in [3.05, 3.63) is 64.2 Å². The molecule has 2 aromatic rings. The van der Waals surface area contributed by atoms with E-state index >= 15 is 0 Å². The summed E-state index contributed by atoms with van der Waals surface area (Å²) in [6.07, 6.45) is 0. The van der Waals surface area contributed by atoms with E-state index in [9.17, 15) is 9.90 Å². The standard InChI is InChI=1S/C21H25ClN2O2/c1-15(2)18-5-3-4-6-19(18)21(26)24-11-9-23(10-12-24)14-16-13-17(25)7-8-20(16)22/h3-8,13,15,25H,9-12,14H2,1-2H3. The van der Waals surface area contributed by atoms with Crippen molar-refractivity contribution in [3.63, 3.8) is 0 Å². The summed E-state index contributed by atoms with van der Waals surface area (Å²) in [4.78, 5) is 17.1. The Kier molecular flexibility index (Phi) is 5.84. The van der Waals surface area contributed by atoms with Crippen LogP contribution in [0.25, 0.3) is 0 Å². The lowest BCUT2D eigenvalue weighted by molar-refractivity contribution is 0.0627. The van der Waals surface area contributed by atoms with Crippen LogP contribution in [0.15, 0.2) is 42.5 Å². The number of rotatable bonds is 4. The Hall–Kier alpha value is -2.04. The fraction of sp³-hybridized carbons (Fsp3) is 0.381. The van der Waals surface area contributed by atoms with E-state index in [1.165, 1.54) is 0 Å². The van der Waals surface area contributed by atoms with Gasteiger partial charge in [-0.15, -0.1) is 0 Å². The second-order valence-corrected chi connectivity index (χ2v) is 7.49. The predicted octanol–water partition coefficient (Wildman–Crippen LogP) is 4.13. The van der Waals surface area contributed by atoms with E-state index in [0.29, 0.717) is 30.6 Å². The van der Waals surface area contributed by atoms with Crippen molar-refractivity contribution < 1.29 is 9.90 Å². The van der Waals surface area contributed by atoms with Gasteiger partial charge in [0.1, 0.15) is 5.75 Å². The molecular weight excluding hydrogens is 348 g/mol. The van der Waals surface area contributed by atoms with E-state index in [1.54, 1.807) is 18.2 Å². The van der Waals surface area contributed by atoms with Gasteiger partial charge in [-0.05, 0) is 41.3 Å². The lowest BCUT2D eigenvalue weighted by atomic mass is 9.96. The highest BCUT2D eigenvalue weighted by Gasteiger charge is 2.24. The Bertz CT molecular complexity index is 783. The Morgan fingerprint density at radius 2 is 1.81 bits per heavy atom. The van der Waals surface area contributed by atoms with Crippen LogP contribution in [0.1, 0.15) is 41.3 Å². The van der Waals surface area contributed by atoms with Crippen molar-refractivity contribution >= 4 is 17.5 Å². The van der Waals surface area contributed by atoms with Crippen molar-refractivity contribution in [2.75, 3.05) is 26.2 Å². The van der Waals surface area contributed by atoms with Crippen molar-refractivity contribution in [3.8, 4) is 5.75 Å². The van der Waals surface area contributed by atoms with Crippen LogP contribution >= 0.6 is 11.6 Å². The second kappa shape index (κ2) is 8.11. The molecule has 4 nitrogen and oxygen atoms in total. The number of hydrogen-bond donors (Lipinski definition) is 1. The van der Waals surface area contributed by atoms with E-state index < -0.39 is 0 Å². The van der Waals surface area contributed by atoms with Gasteiger partial charge >= 0.3 is 0 Å². The van der Waals surface area contributed by atoms with E-state index in [4.69, 9.17) is 11.6 Å². The predicted molar refractivity (Wildman–Crippen MR) is 105 cm³/mol. The third-order valence-electron chi connectivity index (χ3n) is 4.90. The number of aromatic hydroxyl groups is 1. The van der Waals surface area contributed by atoms with Crippen LogP contribution < -0.4 is 0 Å². The Labute approximate surface area is 160 Å². The molecule has 0 atom stereocenters. The summed E-state index contributed by atoms with van der Waals surface area (Å²) < 4.78 is 0. The molecule has 1 heterocycles. The van der Waals surface area contributed by atoms with Crippen molar-refractivity contribution in [1.82, 2.24) is 9.80 Å². The molecule has 3 rings (SSSR count). The number of piperazine rings is 1. The van der Waals surface area contributed by atoms with Crippen LogP contribution in [0, 0.1) is 0 Å². The lowest BCUT2D eigenvalue weighted by Crippen LogP contribution is -2.48. The first kappa shape index (κ1) is 18.7. The topological polar surface area (TPSA) is 43.8 Å². The van der Waals surface area contributed by atoms with Crippen LogP contribution in [0.2, 0.25) is 5.02 Å². The number of phenolic OH excluding ortho intramolecular Hbond substituents is 1. The van der Waals surface area contributed by atoms with Crippen molar-refractivity contribution in [2.45, 2.75) is 26.3 Å². The summed E-state index contributed by atoms with van der Waals surface area (Å²) in [6, 6.07) is 12.9. The average Bonchev–Trinajstić information content (AvgIpc) is 2.65. The molecule has 0 unspecified atom stereocenters. The third-order valence-corrected chi connectivity index (χ3v) is 5.26. The van der Waals surface area contributed by atoms with Gasteiger partial charge in [-0.1, -0.05) is 43.6 Å². The number of amides is 1. The first-order valence-electron chi connectivity index (χ1n) is 9.03. The van der Waals surface area contributed by atoms with Crippen LogP contribution in [-0.2, 0) is 6.54 Å². The van der Waals surface area contributed by atoms with Gasteiger partial charge in [-0.2, -0.15) is 0 Å². The zero-order valence-electron chi connectivity index (χ0n) is 15.3. The Morgan fingerprint density at radius 1 is 1.12 bits per heavy atom. The van der Waals surface area contributed by atoms with Gasteiger partial charge in [-0.25, -0.2) is 0 Å². The largest absolute Gasteiger partial charge is 0.508 e. The molecule has 1 fully saturated rings. The fourth-order valence-electron chi connectivity index (χ4n) is 3.40. The molecule has 1 aliphatic heterocycles. The van der Waals surface area contributed by atoms with Crippen molar-refractivity contribution in [1.29, 1.82) is 0 Å². The van der Waals surface area contributed by atoms with Crippen molar-refractivity contribution in [2.24, 2.45) is 0 Å². The highest BCUT2D eigenvalue weighted by molar-refractivity contribution is 6.31. The SMILES string of the molecule is CC(C)c1ccccc1C(=O)N1CCN(Cc2cc(O)ccc2Cl)CC1. The van der Waals surface area contributed by atoms with Gasteiger partial charge in [0.25, 0.3) is 5.91 Å². The Balaban J connectivity index is 1.63. The second-order valence-electron chi connectivity index (χ2n) is 7.09. The highest BCUT2D eigenvalue weighted by Crippen LogP contribution is 2.24. The lowest BCUT2D eigenvalue weighted by Gasteiger charge is -2.35. The molecule has 2 aromatic carbocycles. The number of phenols is 1. The zero-order chi connectivity index (χ0) is 18.7. The summed E-state index contributed by atoms with van der Waals surface area (Å²) in [6.45, 7) is 7.89. The molecule has 0 aromatic heterocycles. The molecule has 1 N–H and O–H groups in total. The maximum atomic E-state index is 12.9. The number of carbonyl (C=O) groups is 1. The average molecular weight is 373 g/mol. The minimum absolute atomic E-state index is 0.115. The monoisotopic (exact) mass is 372 g/mol. The normalized spacial score (nSPS) is 15.5. The molecule has 138 valence electrons. The number of benzene rings is 2. The number of hydrogen-bond acceptors (Lipinski definition) is 3. The highest BCUT2D eigenvalue weighted by atomic mass is 35.5. The van der Waals surface area contributed by atoms with Crippen LogP contribution in [0.3, 0.4) is 0 Å². The maximum Gasteiger partial charge on any atom is 0.254 e. The smallest absolute Gasteiger partial charge is 0.254 e. The Morgan fingerprint density at radius 3 is 2.50 bits per heavy atom. The minimum Gasteiger partial charge on any atom is -0.508 e. The summed E-state index contributed by atoms with van der Waals surface area (Å²) in [5.74, 6) is 0.664. The van der Waals surface area contributed by atoms with Gasteiger partial charge in [0.2, 0.25) is 0 Å². The number of nitrogens with zero attached hydrogens (tertiary/aromatic N) is 2. The van der Waals surface area contributed by atoms with Crippen LogP contribution in [0.4, 0.5) is 0 Å². The van der Waals surface area contributed by atoms with E-state index in [0.717, 1.165) is 29.8 Å². The molecule has 0 saturated carbocycles. The quantitative estimate of drug-likeness (QED) is 0.877. The molecule has 0 spiro atoms. The molecule has 1 saturated heterocycles. The summed E-state index contributed by atoms with van der Waals surface area (Å²) in [5, 5.41) is 10.3. The number of carbonyl (C=O) groups excluding carboxylic acids is 1. The molecule has 1 aliphatic rings. The van der Waals surface area contributed by atoms with Gasteiger partial charge < -0.3 is 10.0 Å². The summed E-state index contributed by atoms with van der Waals surface area (Å²) >= 11 is 6.22. The number of halogens is 1. The first-order chi connectivity index (χ1) is 12.5. The van der Waals surface area contributed by atoms with E-state index in [-0.39, 0.29) is 11.7 Å². The molecule has 0 bridgehead atoms. The van der Waals surface area contributed by atoms with Gasteiger partial charge in [0.05, 0.1) is 0 Å². The molecule has 0 radical (unpaired) electrons. The molecule has 1 amide bonds. The van der Waals surface area contributed by atoms with E-state index in [2.05, 4.69) is 18.7 Å².